The van der Waals surface area contributed by atoms with Crippen LogP contribution in [0, 0.1) is 11.6 Å². The lowest BCUT2D eigenvalue weighted by Crippen LogP contribution is -2.43. The van der Waals surface area contributed by atoms with E-state index >= 15 is 4.39 Å². The molecule has 0 amide bonds. The van der Waals surface area contributed by atoms with Gasteiger partial charge in [-0.3, -0.25) is 14.6 Å². The Bertz CT molecular complexity index is 2210. The Morgan fingerprint density at radius 3 is 2.79 bits per heavy atom. The summed E-state index contributed by atoms with van der Waals surface area (Å²) in [5.74, 6) is -1.04. The van der Waals surface area contributed by atoms with Gasteiger partial charge in [-0.1, -0.05) is 13.0 Å². The highest BCUT2D eigenvalue weighted by molar-refractivity contribution is 6.02. The van der Waals surface area contributed by atoms with E-state index in [1.165, 1.54) is 24.4 Å². The average Bonchev–Trinajstić information content (AvgIpc) is 3.71. The van der Waals surface area contributed by atoms with Gasteiger partial charge in [0.05, 0.1) is 22.6 Å². The Balaban J connectivity index is 1.28. The van der Waals surface area contributed by atoms with Crippen molar-refractivity contribution in [3.63, 3.8) is 0 Å². The maximum atomic E-state index is 16.8. The molecule has 6 aromatic rings. The predicted octanol–water partition coefficient (Wildman–Crippen LogP) is 6.98. The molecule has 2 aliphatic heterocycles. The molecule has 47 heavy (non-hydrogen) atoms. The van der Waals surface area contributed by atoms with Crippen LogP contribution in [-0.2, 0) is 13.5 Å². The number of aromatic hydroxyl groups is 1. The number of aryl methyl sites for hydroxylation is 2. The number of pyridine rings is 1. The average molecular weight is 640 g/mol. The van der Waals surface area contributed by atoms with Crippen molar-refractivity contribution in [1.29, 1.82) is 0 Å². The van der Waals surface area contributed by atoms with Gasteiger partial charge in [0.15, 0.2) is 5.82 Å². The van der Waals surface area contributed by atoms with Crippen molar-refractivity contribution in [3.8, 4) is 23.0 Å². The Labute approximate surface area is 268 Å². The lowest BCUT2D eigenvalue weighted by Gasteiger charge is -2.30. The van der Waals surface area contributed by atoms with Crippen molar-refractivity contribution in [2.75, 3.05) is 25.0 Å². The molecule has 0 bridgehead atoms. The first-order valence-electron chi connectivity index (χ1n) is 15.7. The number of aromatic nitrogens is 5. The predicted molar refractivity (Wildman–Crippen MR) is 174 cm³/mol. The number of hydrogen-bond donors (Lipinski definition) is 2. The van der Waals surface area contributed by atoms with E-state index in [0.717, 1.165) is 30.3 Å². The summed E-state index contributed by atoms with van der Waals surface area (Å²) in [5, 5.41) is 20.4. The van der Waals surface area contributed by atoms with Gasteiger partial charge in [0.1, 0.15) is 41.4 Å². The van der Waals surface area contributed by atoms with Crippen LogP contribution in [0.3, 0.4) is 0 Å². The van der Waals surface area contributed by atoms with E-state index in [4.69, 9.17) is 4.74 Å². The Morgan fingerprint density at radius 2 is 1.94 bits per heavy atom. The van der Waals surface area contributed by atoms with Gasteiger partial charge in [0.25, 0.3) is 0 Å². The first-order valence-corrected chi connectivity index (χ1v) is 15.7. The second kappa shape index (κ2) is 11.1. The molecule has 240 valence electrons. The number of halogens is 3. The maximum absolute atomic E-state index is 16.8. The Morgan fingerprint density at radius 1 is 1.09 bits per heavy atom. The van der Waals surface area contributed by atoms with Gasteiger partial charge in [-0.2, -0.15) is 15.1 Å². The third-order valence-corrected chi connectivity index (χ3v) is 9.67. The zero-order valence-electron chi connectivity index (χ0n) is 25.9. The number of nitrogens with one attached hydrogen (secondary N) is 1. The largest absolute Gasteiger partial charge is 0.508 e. The summed E-state index contributed by atoms with van der Waals surface area (Å²) in [5.41, 5.74) is 1.57. The van der Waals surface area contributed by atoms with Gasteiger partial charge in [0.2, 0.25) is 0 Å². The second-order valence-corrected chi connectivity index (χ2v) is 12.5. The van der Waals surface area contributed by atoms with Crippen LogP contribution in [0.25, 0.3) is 43.8 Å². The lowest BCUT2D eigenvalue weighted by atomic mass is 9.94. The molecule has 2 saturated heterocycles. The summed E-state index contributed by atoms with van der Waals surface area (Å²) in [7, 11) is 1.84. The molecule has 3 aromatic carbocycles. The van der Waals surface area contributed by atoms with Crippen LogP contribution < -0.4 is 10.1 Å². The number of hydrogen-bond acceptors (Lipinski definition) is 8. The molecule has 0 saturated carbocycles. The van der Waals surface area contributed by atoms with Gasteiger partial charge < -0.3 is 15.2 Å². The lowest BCUT2D eigenvalue weighted by molar-refractivity contribution is 0.107. The summed E-state index contributed by atoms with van der Waals surface area (Å²) in [4.78, 5) is 15.8. The minimum Gasteiger partial charge on any atom is -0.508 e. The normalized spacial score (nSPS) is 19.6. The number of nitrogens with zero attached hydrogens (tertiary/aromatic N) is 6. The Hall–Kier alpha value is -4.97. The van der Waals surface area contributed by atoms with Gasteiger partial charge in [-0.15, -0.1) is 0 Å². The van der Waals surface area contributed by atoms with E-state index in [0.29, 0.717) is 46.8 Å². The number of alkyl halides is 1. The van der Waals surface area contributed by atoms with E-state index in [2.05, 4.69) is 30.3 Å². The summed E-state index contributed by atoms with van der Waals surface area (Å²) < 4.78 is 54.2. The molecule has 0 spiro atoms. The highest BCUT2D eigenvalue weighted by atomic mass is 19.1. The fourth-order valence-corrected chi connectivity index (χ4v) is 7.42. The minimum atomic E-state index is -0.934. The van der Waals surface area contributed by atoms with Crippen LogP contribution in [0.1, 0.15) is 31.7 Å². The Kier molecular flexibility index (Phi) is 6.94. The van der Waals surface area contributed by atoms with Crippen molar-refractivity contribution >= 4 is 44.1 Å². The number of phenols is 1. The molecule has 1 unspecified atom stereocenters. The van der Waals surface area contributed by atoms with Gasteiger partial charge in [-0.25, -0.2) is 13.2 Å². The highest BCUT2D eigenvalue weighted by Crippen LogP contribution is 2.42. The fraction of sp³-hybridized carbons (Fsp3) is 0.314. The number of fused-ring (bicyclic) bond motifs is 4. The van der Waals surface area contributed by atoms with Gasteiger partial charge in [-0.05, 0) is 78.5 Å². The van der Waals surface area contributed by atoms with Crippen molar-refractivity contribution < 1.29 is 23.0 Å². The molecule has 3 aromatic heterocycles. The number of phenolic OH excluding ortho intramolecular Hbond substituents is 1. The monoisotopic (exact) mass is 639 g/mol. The first-order chi connectivity index (χ1) is 22.7. The molecule has 5 heterocycles. The van der Waals surface area contributed by atoms with Gasteiger partial charge in [0, 0.05) is 42.8 Å². The van der Waals surface area contributed by atoms with E-state index in [1.54, 1.807) is 16.9 Å². The zero-order valence-corrected chi connectivity index (χ0v) is 25.9. The molecule has 12 heteroatoms. The minimum absolute atomic E-state index is 0.0642. The van der Waals surface area contributed by atoms with Crippen LogP contribution in [0.4, 0.5) is 24.7 Å². The van der Waals surface area contributed by atoms with Crippen molar-refractivity contribution in [2.45, 2.75) is 44.3 Å². The third kappa shape index (κ3) is 4.89. The molecular weight excluding hydrogens is 607 g/mol. The van der Waals surface area contributed by atoms with Crippen LogP contribution in [-0.4, -0.2) is 66.1 Å². The molecule has 2 N–H and O–H groups in total. The van der Waals surface area contributed by atoms with Crippen LogP contribution >= 0.6 is 0 Å². The highest BCUT2D eigenvalue weighted by Gasteiger charge is 2.49. The summed E-state index contributed by atoms with van der Waals surface area (Å²) in [6.45, 7) is 3.15. The molecule has 2 aliphatic rings. The summed E-state index contributed by atoms with van der Waals surface area (Å²) in [6, 6.07) is 11.4. The van der Waals surface area contributed by atoms with Crippen LogP contribution in [0.2, 0.25) is 0 Å². The quantitative estimate of drug-likeness (QED) is 0.193. The molecule has 2 fully saturated rings. The molecule has 9 nitrogen and oxygen atoms in total. The van der Waals surface area contributed by atoms with Gasteiger partial charge >= 0.3 is 6.01 Å². The molecular formula is C35H32F3N7O2. The third-order valence-electron chi connectivity index (χ3n) is 9.67. The number of rotatable bonds is 7. The van der Waals surface area contributed by atoms with Crippen molar-refractivity contribution in [3.05, 3.63) is 72.1 Å². The molecule has 8 rings (SSSR count). The molecule has 0 radical (unpaired) electrons. The summed E-state index contributed by atoms with van der Waals surface area (Å²) >= 11 is 0. The van der Waals surface area contributed by atoms with E-state index in [-0.39, 0.29) is 41.0 Å². The summed E-state index contributed by atoms with van der Waals surface area (Å²) in [6.07, 6.45) is 4.75. The van der Waals surface area contributed by atoms with Crippen molar-refractivity contribution in [1.82, 2.24) is 29.6 Å². The molecule has 2 atom stereocenters. The first kappa shape index (κ1) is 29.4. The standard InChI is InChI=1S/C35H32F3N7O2/c1-3-24-27(37)8-6-19-11-23(46)13-25(29(19)24)31-30(38)32-26(16-39-31)33(41-22-7-5-20-15-40-44(2)28(20)12-22)43-34(42-32)47-18-35-9-4-10-45(35)17-21(36)14-35/h5-8,11-13,15-16,21,46H,3-4,9-10,14,17-18H2,1-2H3,(H,41,42,43)/t21-,35?/m1/s1. The fourth-order valence-electron chi connectivity index (χ4n) is 7.42. The topological polar surface area (TPSA) is 101 Å². The van der Waals surface area contributed by atoms with E-state index in [1.807, 2.05) is 32.2 Å². The van der Waals surface area contributed by atoms with E-state index < -0.39 is 23.3 Å². The number of anilines is 2. The van der Waals surface area contributed by atoms with E-state index in [9.17, 15) is 13.9 Å². The SMILES string of the molecule is CCc1c(F)ccc2cc(O)cc(-c3ncc4c(Nc5ccc6cnn(C)c6c5)nc(OCC56CCCN5C[C@H](F)C6)nc4c3F)c12. The number of ether oxygens (including phenoxy) is 1. The maximum Gasteiger partial charge on any atom is 0.319 e. The smallest absolute Gasteiger partial charge is 0.319 e. The second-order valence-electron chi connectivity index (χ2n) is 12.5. The van der Waals surface area contributed by atoms with Crippen LogP contribution in [0.15, 0.2) is 54.9 Å². The van der Waals surface area contributed by atoms with Crippen molar-refractivity contribution in [2.24, 2.45) is 7.05 Å². The molecule has 0 aliphatic carbocycles. The van der Waals surface area contributed by atoms with Crippen LogP contribution in [0.5, 0.6) is 11.8 Å². The zero-order chi connectivity index (χ0) is 32.4. The number of benzene rings is 3.